The van der Waals surface area contributed by atoms with Crippen molar-refractivity contribution in [3.8, 4) is 6.01 Å². The lowest BCUT2D eigenvalue weighted by atomic mass is 10.2. The summed E-state index contributed by atoms with van der Waals surface area (Å²) in [5.74, 6) is -0.310. The molecular weight excluding hydrogens is 220 g/mol. The van der Waals surface area contributed by atoms with Gasteiger partial charge in [0.2, 0.25) is 0 Å². The van der Waals surface area contributed by atoms with E-state index in [-0.39, 0.29) is 12.0 Å². The average Bonchev–Trinajstić information content (AvgIpc) is 2.69. The highest BCUT2D eigenvalue weighted by molar-refractivity contribution is 5.71. The van der Waals surface area contributed by atoms with Crippen molar-refractivity contribution in [3.05, 3.63) is 24.8 Å². The molecule has 1 rings (SSSR count). The van der Waals surface area contributed by atoms with Crippen LogP contribution < -0.4 is 4.74 Å². The molecule has 1 aromatic heterocycles. The molecule has 6 nitrogen and oxygen atoms in total. The molecule has 0 saturated heterocycles. The second kappa shape index (κ2) is 7.32. The Hall–Kier alpha value is -1.98. The van der Waals surface area contributed by atoms with Crippen molar-refractivity contribution in [1.82, 2.24) is 20.2 Å². The molecule has 6 heteroatoms. The minimum Gasteiger partial charge on any atom is -0.390 e. The van der Waals surface area contributed by atoms with Crippen LogP contribution in [0.15, 0.2) is 24.8 Å². The maximum atomic E-state index is 11.4. The lowest BCUT2D eigenvalue weighted by Crippen LogP contribution is -2.11. The summed E-state index contributed by atoms with van der Waals surface area (Å²) in [6.07, 6.45) is 8.67. The summed E-state index contributed by atoms with van der Waals surface area (Å²) >= 11 is 0. The number of aromatic nitrogens is 4. The van der Waals surface area contributed by atoms with Gasteiger partial charge in [-0.2, -0.15) is 4.68 Å². The van der Waals surface area contributed by atoms with E-state index in [4.69, 9.17) is 4.74 Å². The molecule has 0 unspecified atom stereocenters. The monoisotopic (exact) mass is 236 g/mol. The fourth-order valence-electron chi connectivity index (χ4n) is 1.18. The number of rotatable bonds is 7. The second-order valence-corrected chi connectivity index (χ2v) is 3.47. The van der Waals surface area contributed by atoms with E-state index in [1.54, 1.807) is 13.1 Å². The first kappa shape index (κ1) is 13.1. The fraction of sp³-hybridized carbons (Fsp3) is 0.455. The number of allylic oxidation sites excluding steroid dienone is 3. The van der Waals surface area contributed by atoms with Gasteiger partial charge in [-0.15, -0.1) is 0 Å². The maximum Gasteiger partial charge on any atom is 0.342 e. The molecule has 0 aliphatic heterocycles. The Morgan fingerprint density at radius 3 is 3.00 bits per heavy atom. The standard InChI is InChI=1S/C11H16N4O2/c1-3-4-5-6-7-8-9-10(16)17-11-12-13-14-15(11)2/h3-5H,1,6-9H2,2H3. The van der Waals surface area contributed by atoms with Gasteiger partial charge < -0.3 is 4.74 Å². The van der Waals surface area contributed by atoms with E-state index in [1.165, 1.54) is 4.68 Å². The van der Waals surface area contributed by atoms with Crippen molar-refractivity contribution in [2.24, 2.45) is 7.05 Å². The zero-order valence-electron chi connectivity index (χ0n) is 9.87. The highest BCUT2D eigenvalue weighted by Gasteiger charge is 2.09. The van der Waals surface area contributed by atoms with Gasteiger partial charge in [0.1, 0.15) is 0 Å². The second-order valence-electron chi connectivity index (χ2n) is 3.47. The van der Waals surface area contributed by atoms with Crippen LogP contribution in [0.4, 0.5) is 0 Å². The molecule has 0 spiro atoms. The van der Waals surface area contributed by atoms with Gasteiger partial charge in [0, 0.05) is 13.5 Å². The molecule has 92 valence electrons. The normalized spacial score (nSPS) is 10.6. The van der Waals surface area contributed by atoms with Crippen LogP contribution in [0.25, 0.3) is 0 Å². The minimum absolute atomic E-state index is 0.126. The van der Waals surface area contributed by atoms with E-state index < -0.39 is 0 Å². The number of unbranched alkanes of at least 4 members (excludes halogenated alkanes) is 2. The van der Waals surface area contributed by atoms with E-state index in [0.717, 1.165) is 19.3 Å². The predicted octanol–water partition coefficient (Wildman–Crippen LogP) is 1.42. The van der Waals surface area contributed by atoms with Crippen LogP contribution in [-0.4, -0.2) is 26.2 Å². The van der Waals surface area contributed by atoms with Gasteiger partial charge in [0.05, 0.1) is 0 Å². The molecule has 0 saturated carbocycles. The highest BCUT2D eigenvalue weighted by atomic mass is 16.6. The number of tetrazole rings is 1. The summed E-state index contributed by atoms with van der Waals surface area (Å²) in [5.41, 5.74) is 0. The number of ether oxygens (including phenoxy) is 1. The molecule has 17 heavy (non-hydrogen) atoms. The summed E-state index contributed by atoms with van der Waals surface area (Å²) in [4.78, 5) is 11.4. The van der Waals surface area contributed by atoms with Crippen molar-refractivity contribution in [2.45, 2.75) is 25.7 Å². The van der Waals surface area contributed by atoms with Crippen LogP contribution in [0.3, 0.4) is 0 Å². The summed E-state index contributed by atoms with van der Waals surface area (Å²) in [6.45, 7) is 3.57. The Bertz CT molecular complexity index is 398. The van der Waals surface area contributed by atoms with Crippen LogP contribution in [0.5, 0.6) is 6.01 Å². The Labute approximate surface area is 100.0 Å². The molecule has 0 bridgehead atoms. The van der Waals surface area contributed by atoms with Gasteiger partial charge in [-0.25, -0.2) is 0 Å². The first-order valence-electron chi connectivity index (χ1n) is 5.44. The Morgan fingerprint density at radius 1 is 1.53 bits per heavy atom. The van der Waals surface area contributed by atoms with E-state index in [2.05, 4.69) is 22.1 Å². The first-order chi connectivity index (χ1) is 8.24. The van der Waals surface area contributed by atoms with E-state index in [9.17, 15) is 4.79 Å². The third-order valence-corrected chi connectivity index (χ3v) is 2.06. The van der Waals surface area contributed by atoms with Crippen LogP contribution in [0.2, 0.25) is 0 Å². The van der Waals surface area contributed by atoms with Crippen LogP contribution in [-0.2, 0) is 11.8 Å². The minimum atomic E-state index is -0.310. The Kier molecular flexibility index (Phi) is 5.63. The summed E-state index contributed by atoms with van der Waals surface area (Å²) < 4.78 is 6.28. The van der Waals surface area contributed by atoms with Gasteiger partial charge >= 0.3 is 12.0 Å². The van der Waals surface area contributed by atoms with Crippen LogP contribution in [0.1, 0.15) is 25.7 Å². The van der Waals surface area contributed by atoms with Crippen molar-refractivity contribution >= 4 is 5.97 Å². The number of esters is 1. The van der Waals surface area contributed by atoms with Gasteiger partial charge in [0.25, 0.3) is 0 Å². The topological polar surface area (TPSA) is 69.9 Å². The van der Waals surface area contributed by atoms with Crippen molar-refractivity contribution in [3.63, 3.8) is 0 Å². The number of nitrogens with zero attached hydrogens (tertiary/aromatic N) is 4. The van der Waals surface area contributed by atoms with Crippen molar-refractivity contribution in [2.75, 3.05) is 0 Å². The van der Waals surface area contributed by atoms with Gasteiger partial charge in [-0.1, -0.05) is 29.9 Å². The molecular formula is C11H16N4O2. The Morgan fingerprint density at radius 2 is 2.35 bits per heavy atom. The predicted molar refractivity (Wildman–Crippen MR) is 62.2 cm³/mol. The van der Waals surface area contributed by atoms with E-state index in [0.29, 0.717) is 6.42 Å². The smallest absolute Gasteiger partial charge is 0.342 e. The number of aryl methyl sites for hydroxylation is 1. The van der Waals surface area contributed by atoms with Crippen LogP contribution >= 0.6 is 0 Å². The third-order valence-electron chi connectivity index (χ3n) is 2.06. The van der Waals surface area contributed by atoms with E-state index in [1.807, 2.05) is 12.2 Å². The molecule has 0 aliphatic rings. The Balaban J connectivity index is 2.16. The largest absolute Gasteiger partial charge is 0.390 e. The zero-order valence-corrected chi connectivity index (χ0v) is 9.87. The molecule has 0 radical (unpaired) electrons. The SMILES string of the molecule is C=CC=CCCCCC(=O)Oc1nnnn1C. The molecule has 0 aliphatic carbocycles. The van der Waals surface area contributed by atoms with Gasteiger partial charge in [0.15, 0.2) is 0 Å². The molecule has 1 aromatic rings. The van der Waals surface area contributed by atoms with E-state index >= 15 is 0 Å². The first-order valence-corrected chi connectivity index (χ1v) is 5.44. The molecule has 0 atom stereocenters. The summed E-state index contributed by atoms with van der Waals surface area (Å²) in [5, 5.41) is 10.5. The van der Waals surface area contributed by atoms with Crippen LogP contribution in [0, 0.1) is 0 Å². The average molecular weight is 236 g/mol. The molecule has 1 heterocycles. The number of carbonyl (C=O) groups excluding carboxylic acids is 1. The lowest BCUT2D eigenvalue weighted by molar-refractivity contribution is -0.135. The fourth-order valence-corrected chi connectivity index (χ4v) is 1.18. The molecule has 0 fully saturated rings. The van der Waals surface area contributed by atoms with Crippen molar-refractivity contribution in [1.29, 1.82) is 0 Å². The number of hydrogen-bond acceptors (Lipinski definition) is 5. The molecule has 0 amide bonds. The van der Waals surface area contributed by atoms with Crippen molar-refractivity contribution < 1.29 is 9.53 Å². The number of hydrogen-bond donors (Lipinski definition) is 0. The highest BCUT2D eigenvalue weighted by Crippen LogP contribution is 2.05. The zero-order chi connectivity index (χ0) is 12.5. The maximum absolute atomic E-state index is 11.4. The lowest BCUT2D eigenvalue weighted by Gasteiger charge is -2.00. The third kappa shape index (κ3) is 5.05. The summed E-state index contributed by atoms with van der Waals surface area (Å²) in [6, 6.07) is 0.126. The molecule has 0 N–H and O–H groups in total. The number of carbonyl (C=O) groups is 1. The van der Waals surface area contributed by atoms with Gasteiger partial charge in [-0.3, -0.25) is 4.79 Å². The summed E-state index contributed by atoms with van der Waals surface area (Å²) in [7, 11) is 1.61. The quantitative estimate of drug-likeness (QED) is 0.407. The van der Waals surface area contributed by atoms with Gasteiger partial charge in [-0.05, 0) is 29.7 Å². The molecule has 0 aromatic carbocycles.